The summed E-state index contributed by atoms with van der Waals surface area (Å²) in [6.07, 6.45) is 0.174. The van der Waals surface area contributed by atoms with Gasteiger partial charge < -0.3 is 10.4 Å². The fraction of sp³-hybridized carbons (Fsp3) is 0.368. The largest absolute Gasteiger partial charge is 0.391 e. The summed E-state index contributed by atoms with van der Waals surface area (Å²) in [6.45, 7) is 4.38. The van der Waals surface area contributed by atoms with Gasteiger partial charge in [0.25, 0.3) is 5.69 Å². The van der Waals surface area contributed by atoms with E-state index in [1.165, 1.54) is 0 Å². The van der Waals surface area contributed by atoms with E-state index in [2.05, 4.69) is 5.32 Å². The molecular formula is C19H22N2O3. The van der Waals surface area contributed by atoms with Gasteiger partial charge in [-0.25, -0.2) is 0 Å². The molecule has 0 heterocycles. The minimum Gasteiger partial charge on any atom is -0.391 e. The molecule has 3 rings (SSSR count). The van der Waals surface area contributed by atoms with Crippen LogP contribution in [0.15, 0.2) is 42.5 Å². The lowest BCUT2D eigenvalue weighted by atomic mass is 9.99. The Morgan fingerprint density at radius 1 is 1.29 bits per heavy atom. The van der Waals surface area contributed by atoms with Gasteiger partial charge in [0.15, 0.2) is 0 Å². The van der Waals surface area contributed by atoms with Gasteiger partial charge in [-0.15, -0.1) is 0 Å². The molecule has 0 radical (unpaired) electrons. The highest BCUT2D eigenvalue weighted by Crippen LogP contribution is 2.32. The van der Waals surface area contributed by atoms with Gasteiger partial charge in [0.2, 0.25) is 0 Å². The van der Waals surface area contributed by atoms with Crippen molar-refractivity contribution in [2.45, 2.75) is 44.9 Å². The standard InChI is InChI=1S/C19H22N2O3/c1-12(2)15-8-7-13(9-17(15)21(23)24)11-20-19-16-6-4-3-5-14(16)10-18(19)22/h3-9,12,18-20,22H,10-11H2,1-2H3/t18-,19+/m0/s1. The van der Waals surface area contributed by atoms with Crippen LogP contribution in [0.4, 0.5) is 5.69 Å². The zero-order chi connectivity index (χ0) is 17.3. The second kappa shape index (κ2) is 6.71. The van der Waals surface area contributed by atoms with E-state index in [-0.39, 0.29) is 22.6 Å². The number of nitro benzene ring substituents is 1. The van der Waals surface area contributed by atoms with E-state index in [0.717, 1.165) is 22.3 Å². The van der Waals surface area contributed by atoms with Crippen molar-refractivity contribution < 1.29 is 10.0 Å². The van der Waals surface area contributed by atoms with Gasteiger partial charge in [-0.2, -0.15) is 0 Å². The zero-order valence-corrected chi connectivity index (χ0v) is 13.9. The van der Waals surface area contributed by atoms with Crippen LogP contribution < -0.4 is 5.32 Å². The Kier molecular flexibility index (Phi) is 4.64. The summed E-state index contributed by atoms with van der Waals surface area (Å²) in [4.78, 5) is 11.0. The van der Waals surface area contributed by atoms with E-state index in [1.54, 1.807) is 6.07 Å². The van der Waals surface area contributed by atoms with Crippen LogP contribution in [0, 0.1) is 10.1 Å². The number of nitrogens with one attached hydrogen (secondary N) is 1. The van der Waals surface area contributed by atoms with E-state index >= 15 is 0 Å². The van der Waals surface area contributed by atoms with Crippen molar-refractivity contribution in [3.8, 4) is 0 Å². The molecule has 126 valence electrons. The van der Waals surface area contributed by atoms with E-state index in [0.29, 0.717) is 13.0 Å². The van der Waals surface area contributed by atoms with Crippen molar-refractivity contribution in [3.05, 3.63) is 74.8 Å². The fourth-order valence-corrected chi connectivity index (χ4v) is 3.39. The van der Waals surface area contributed by atoms with E-state index in [4.69, 9.17) is 0 Å². The smallest absolute Gasteiger partial charge is 0.273 e. The molecular weight excluding hydrogens is 304 g/mol. The minimum atomic E-state index is -0.465. The lowest BCUT2D eigenvalue weighted by Crippen LogP contribution is -2.28. The summed E-state index contributed by atoms with van der Waals surface area (Å²) in [5.74, 6) is 0.107. The van der Waals surface area contributed by atoms with E-state index in [1.807, 2.05) is 50.2 Å². The number of nitrogens with zero attached hydrogens (tertiary/aromatic N) is 1. The molecule has 5 nitrogen and oxygen atoms in total. The Bertz CT molecular complexity index is 758. The molecule has 2 aromatic carbocycles. The molecule has 0 spiro atoms. The topological polar surface area (TPSA) is 75.4 Å². The normalized spacial score (nSPS) is 19.5. The maximum absolute atomic E-state index is 11.3. The number of hydrogen-bond donors (Lipinski definition) is 2. The van der Waals surface area contributed by atoms with Crippen LogP contribution >= 0.6 is 0 Å². The van der Waals surface area contributed by atoms with Crippen LogP contribution in [-0.2, 0) is 13.0 Å². The molecule has 24 heavy (non-hydrogen) atoms. The molecule has 0 bridgehead atoms. The van der Waals surface area contributed by atoms with Crippen molar-refractivity contribution in [2.24, 2.45) is 0 Å². The number of hydrogen-bond acceptors (Lipinski definition) is 4. The van der Waals surface area contributed by atoms with E-state index in [9.17, 15) is 15.2 Å². The lowest BCUT2D eigenvalue weighted by Gasteiger charge is -2.18. The van der Waals surface area contributed by atoms with Gasteiger partial charge in [0.05, 0.1) is 17.1 Å². The maximum atomic E-state index is 11.3. The summed E-state index contributed by atoms with van der Waals surface area (Å²) in [6, 6.07) is 13.2. The first kappa shape index (κ1) is 16.6. The summed E-state index contributed by atoms with van der Waals surface area (Å²) in [5, 5.41) is 24.9. The molecule has 1 aliphatic carbocycles. The first-order chi connectivity index (χ1) is 11.5. The highest BCUT2D eigenvalue weighted by Gasteiger charge is 2.30. The molecule has 0 aliphatic heterocycles. The SMILES string of the molecule is CC(C)c1ccc(CN[C@@H]2c3ccccc3C[C@@H]2O)cc1[N+](=O)[O-]. The molecule has 0 saturated heterocycles. The summed E-state index contributed by atoms with van der Waals surface area (Å²) in [5.41, 5.74) is 4.02. The van der Waals surface area contributed by atoms with Crippen LogP contribution in [0.25, 0.3) is 0 Å². The summed E-state index contributed by atoms with van der Waals surface area (Å²) >= 11 is 0. The third kappa shape index (κ3) is 3.18. The molecule has 5 heteroatoms. The Labute approximate surface area is 141 Å². The number of aliphatic hydroxyl groups excluding tert-OH is 1. The lowest BCUT2D eigenvalue weighted by molar-refractivity contribution is -0.385. The Morgan fingerprint density at radius 3 is 2.75 bits per heavy atom. The third-order valence-corrected chi connectivity index (χ3v) is 4.64. The molecule has 2 N–H and O–H groups in total. The average molecular weight is 326 g/mol. The van der Waals surface area contributed by atoms with Gasteiger partial charge in [0, 0.05) is 24.6 Å². The maximum Gasteiger partial charge on any atom is 0.273 e. The summed E-state index contributed by atoms with van der Waals surface area (Å²) in [7, 11) is 0. The monoisotopic (exact) mass is 326 g/mol. The first-order valence-corrected chi connectivity index (χ1v) is 8.24. The van der Waals surface area contributed by atoms with Crippen molar-refractivity contribution in [3.63, 3.8) is 0 Å². The van der Waals surface area contributed by atoms with Crippen LogP contribution in [0.5, 0.6) is 0 Å². The van der Waals surface area contributed by atoms with Crippen molar-refractivity contribution in [1.82, 2.24) is 5.32 Å². The summed E-state index contributed by atoms with van der Waals surface area (Å²) < 4.78 is 0. The van der Waals surface area contributed by atoms with E-state index < -0.39 is 6.10 Å². The van der Waals surface area contributed by atoms with Crippen LogP contribution in [0.3, 0.4) is 0 Å². The molecule has 0 aromatic heterocycles. The molecule has 0 fully saturated rings. The van der Waals surface area contributed by atoms with Gasteiger partial charge >= 0.3 is 0 Å². The van der Waals surface area contributed by atoms with Crippen molar-refractivity contribution >= 4 is 5.69 Å². The Balaban J connectivity index is 1.78. The zero-order valence-electron chi connectivity index (χ0n) is 13.9. The molecule has 0 saturated carbocycles. The number of benzene rings is 2. The van der Waals surface area contributed by atoms with Gasteiger partial charge in [-0.3, -0.25) is 10.1 Å². The van der Waals surface area contributed by atoms with Crippen LogP contribution in [-0.4, -0.2) is 16.1 Å². The van der Waals surface area contributed by atoms with Gasteiger partial charge in [0.1, 0.15) is 0 Å². The minimum absolute atomic E-state index is 0.107. The number of nitro groups is 1. The highest BCUT2D eigenvalue weighted by atomic mass is 16.6. The molecule has 1 aliphatic rings. The number of aliphatic hydroxyl groups is 1. The second-order valence-corrected chi connectivity index (χ2v) is 6.63. The number of fused-ring (bicyclic) bond motifs is 1. The van der Waals surface area contributed by atoms with Gasteiger partial charge in [-0.1, -0.05) is 50.2 Å². The average Bonchev–Trinajstić information content (AvgIpc) is 2.87. The highest BCUT2D eigenvalue weighted by molar-refractivity contribution is 5.45. The molecule has 0 unspecified atom stereocenters. The van der Waals surface area contributed by atoms with Crippen molar-refractivity contribution in [1.29, 1.82) is 0 Å². The number of rotatable bonds is 5. The van der Waals surface area contributed by atoms with Crippen LogP contribution in [0.2, 0.25) is 0 Å². The molecule has 0 amide bonds. The third-order valence-electron chi connectivity index (χ3n) is 4.64. The quantitative estimate of drug-likeness (QED) is 0.652. The molecule has 2 aromatic rings. The Hall–Kier alpha value is -2.24. The van der Waals surface area contributed by atoms with Gasteiger partial charge in [-0.05, 0) is 22.6 Å². The van der Waals surface area contributed by atoms with Crippen LogP contribution in [0.1, 0.15) is 48.1 Å². The van der Waals surface area contributed by atoms with Crippen molar-refractivity contribution in [2.75, 3.05) is 0 Å². The Morgan fingerprint density at radius 2 is 2.04 bits per heavy atom. The fourth-order valence-electron chi connectivity index (χ4n) is 3.39. The predicted octanol–water partition coefficient (Wildman–Crippen LogP) is 3.47. The first-order valence-electron chi connectivity index (χ1n) is 8.24. The molecule has 2 atom stereocenters. The predicted molar refractivity (Wildman–Crippen MR) is 92.9 cm³/mol. The second-order valence-electron chi connectivity index (χ2n) is 6.63.